The largest absolute Gasteiger partial charge is 0.368 e. The number of hydrogen-bond acceptors (Lipinski definition) is 5. The minimum absolute atomic E-state index is 0.578. The van der Waals surface area contributed by atoms with Crippen LogP contribution in [0.15, 0.2) is 36.7 Å². The summed E-state index contributed by atoms with van der Waals surface area (Å²) in [6, 6.07) is 7.84. The van der Waals surface area contributed by atoms with E-state index in [1.807, 2.05) is 42.0 Å². The molecule has 1 atom stereocenters. The van der Waals surface area contributed by atoms with E-state index in [-0.39, 0.29) is 0 Å². The molecule has 0 aliphatic carbocycles. The van der Waals surface area contributed by atoms with Crippen molar-refractivity contribution in [2.75, 3.05) is 23.9 Å². The van der Waals surface area contributed by atoms with E-state index in [0.717, 1.165) is 22.5 Å². The number of hydrogen-bond donors (Lipinski definition) is 1. The smallest absolute Gasteiger partial charge is 0.237 e. The van der Waals surface area contributed by atoms with Crippen LogP contribution in [0.4, 0.5) is 5.82 Å². The molecule has 22 heavy (non-hydrogen) atoms. The number of imidazole rings is 1. The number of nitrogens with one attached hydrogen (secondary N) is 1. The first-order valence-corrected chi connectivity index (χ1v) is 8.69. The fourth-order valence-corrected chi connectivity index (χ4v) is 2.60. The number of para-hydroxylation sites is 1. The normalized spacial score (nSPS) is 12.5. The summed E-state index contributed by atoms with van der Waals surface area (Å²) in [5.74, 6) is 2.74. The molecule has 2 heterocycles. The molecule has 0 fully saturated rings. The molecule has 0 radical (unpaired) electrons. The first kappa shape index (κ1) is 14.6. The highest BCUT2D eigenvalue weighted by molar-refractivity contribution is 7.84. The van der Waals surface area contributed by atoms with Gasteiger partial charge in [-0.1, -0.05) is 12.1 Å². The Bertz CT molecular complexity index is 830. The molecular weight excluding hydrogens is 298 g/mol. The van der Waals surface area contributed by atoms with E-state index in [9.17, 15) is 4.21 Å². The van der Waals surface area contributed by atoms with E-state index < -0.39 is 10.8 Å². The lowest BCUT2D eigenvalue weighted by molar-refractivity contribution is 0.687. The second-order valence-corrected chi connectivity index (χ2v) is 6.49. The van der Waals surface area contributed by atoms with Crippen LogP contribution in [0.3, 0.4) is 0 Å². The van der Waals surface area contributed by atoms with Gasteiger partial charge in [0.2, 0.25) is 5.95 Å². The van der Waals surface area contributed by atoms with Crippen molar-refractivity contribution in [3.05, 3.63) is 42.5 Å². The van der Waals surface area contributed by atoms with Crippen LogP contribution in [-0.4, -0.2) is 42.3 Å². The van der Waals surface area contributed by atoms with Gasteiger partial charge >= 0.3 is 0 Å². The van der Waals surface area contributed by atoms with Crippen molar-refractivity contribution in [3.63, 3.8) is 0 Å². The molecule has 7 heteroatoms. The van der Waals surface area contributed by atoms with E-state index in [4.69, 9.17) is 0 Å². The fraction of sp³-hybridized carbons (Fsp3) is 0.267. The van der Waals surface area contributed by atoms with E-state index in [1.54, 1.807) is 12.5 Å². The van der Waals surface area contributed by atoms with Crippen LogP contribution in [-0.2, 0) is 10.8 Å². The van der Waals surface area contributed by atoms with Crippen molar-refractivity contribution in [1.82, 2.24) is 19.5 Å². The Morgan fingerprint density at radius 2 is 2.09 bits per heavy atom. The SMILES string of the molecule is Cc1nccn1-c1nc(NCCS(C)=O)c2ccccc2n1. The average molecular weight is 315 g/mol. The maximum Gasteiger partial charge on any atom is 0.237 e. The summed E-state index contributed by atoms with van der Waals surface area (Å²) in [5, 5.41) is 4.21. The Morgan fingerprint density at radius 3 is 2.82 bits per heavy atom. The predicted molar refractivity (Wildman–Crippen MR) is 88.8 cm³/mol. The van der Waals surface area contributed by atoms with Gasteiger partial charge in [-0.05, 0) is 19.1 Å². The summed E-state index contributed by atoms with van der Waals surface area (Å²) in [6.07, 6.45) is 5.26. The van der Waals surface area contributed by atoms with Crippen molar-refractivity contribution in [2.45, 2.75) is 6.92 Å². The molecule has 0 spiro atoms. The van der Waals surface area contributed by atoms with E-state index in [2.05, 4.69) is 20.3 Å². The summed E-state index contributed by atoms with van der Waals surface area (Å²) < 4.78 is 13.1. The van der Waals surface area contributed by atoms with Gasteiger partial charge in [-0.25, -0.2) is 9.97 Å². The van der Waals surface area contributed by atoms with E-state index in [1.165, 1.54) is 0 Å². The predicted octanol–water partition coefficient (Wildman–Crippen LogP) is 1.91. The Labute approximate surface area is 131 Å². The number of benzene rings is 1. The van der Waals surface area contributed by atoms with Gasteiger partial charge in [-0.15, -0.1) is 0 Å². The molecule has 2 aromatic heterocycles. The van der Waals surface area contributed by atoms with Crippen LogP contribution < -0.4 is 5.32 Å². The minimum Gasteiger partial charge on any atom is -0.368 e. The molecule has 6 nitrogen and oxygen atoms in total. The highest BCUT2D eigenvalue weighted by Gasteiger charge is 2.10. The molecule has 0 saturated heterocycles. The number of aromatic nitrogens is 4. The van der Waals surface area contributed by atoms with Gasteiger partial charge in [0.1, 0.15) is 11.6 Å². The first-order valence-electron chi connectivity index (χ1n) is 6.96. The molecule has 0 saturated carbocycles. The highest BCUT2D eigenvalue weighted by atomic mass is 32.2. The van der Waals surface area contributed by atoms with Gasteiger partial charge in [0.15, 0.2) is 0 Å². The molecule has 0 bridgehead atoms. The molecule has 0 aliphatic heterocycles. The Hall–Kier alpha value is -2.28. The zero-order valence-electron chi connectivity index (χ0n) is 12.5. The van der Waals surface area contributed by atoms with Crippen molar-refractivity contribution < 1.29 is 4.21 Å². The van der Waals surface area contributed by atoms with Gasteiger partial charge in [0.25, 0.3) is 0 Å². The summed E-state index contributed by atoms with van der Waals surface area (Å²) in [7, 11) is -0.833. The lowest BCUT2D eigenvalue weighted by Crippen LogP contribution is -2.13. The molecule has 3 aromatic rings. The summed E-state index contributed by atoms with van der Waals surface area (Å²) in [6.45, 7) is 2.51. The molecule has 1 N–H and O–H groups in total. The third-order valence-electron chi connectivity index (χ3n) is 3.31. The topological polar surface area (TPSA) is 72.7 Å². The van der Waals surface area contributed by atoms with Gasteiger partial charge in [0.05, 0.1) is 5.52 Å². The maximum atomic E-state index is 11.2. The standard InChI is InChI=1S/C15H17N5OS/c1-11-16-7-9-20(11)15-18-13-6-4-3-5-12(13)14(19-15)17-8-10-22(2)21/h3-7,9H,8,10H2,1-2H3,(H,17,18,19). The first-order chi connectivity index (χ1) is 10.6. The lowest BCUT2D eigenvalue weighted by atomic mass is 10.2. The zero-order chi connectivity index (χ0) is 15.5. The molecule has 3 rings (SSSR count). The second kappa shape index (κ2) is 6.23. The highest BCUT2D eigenvalue weighted by Crippen LogP contribution is 2.21. The molecule has 0 aliphatic rings. The zero-order valence-corrected chi connectivity index (χ0v) is 13.3. The molecule has 114 valence electrons. The molecule has 1 unspecified atom stereocenters. The van der Waals surface area contributed by atoms with Crippen LogP contribution in [0.1, 0.15) is 5.82 Å². The Kier molecular flexibility index (Phi) is 4.15. The van der Waals surface area contributed by atoms with Crippen LogP contribution in [0.2, 0.25) is 0 Å². The summed E-state index contributed by atoms with van der Waals surface area (Å²) in [4.78, 5) is 13.4. The number of anilines is 1. The minimum atomic E-state index is -0.833. The van der Waals surface area contributed by atoms with Crippen LogP contribution in [0, 0.1) is 6.92 Å². The van der Waals surface area contributed by atoms with Crippen LogP contribution in [0.25, 0.3) is 16.9 Å². The number of aryl methyl sites for hydroxylation is 1. The quantitative estimate of drug-likeness (QED) is 0.778. The third-order valence-corrected chi connectivity index (χ3v) is 4.09. The third kappa shape index (κ3) is 2.99. The summed E-state index contributed by atoms with van der Waals surface area (Å²) >= 11 is 0. The fourth-order valence-electron chi connectivity index (χ4n) is 2.21. The van der Waals surface area contributed by atoms with Crippen molar-refractivity contribution >= 4 is 27.5 Å². The molecule has 1 aromatic carbocycles. The van der Waals surface area contributed by atoms with Crippen molar-refractivity contribution in [1.29, 1.82) is 0 Å². The van der Waals surface area contributed by atoms with E-state index in [0.29, 0.717) is 18.2 Å². The number of rotatable bonds is 5. The van der Waals surface area contributed by atoms with Crippen molar-refractivity contribution in [2.24, 2.45) is 0 Å². The Balaban J connectivity index is 2.04. The average Bonchev–Trinajstić information content (AvgIpc) is 2.93. The molecule has 0 amide bonds. The van der Waals surface area contributed by atoms with Gasteiger partial charge in [-0.2, -0.15) is 4.98 Å². The lowest BCUT2D eigenvalue weighted by Gasteiger charge is -2.11. The Morgan fingerprint density at radius 1 is 1.27 bits per heavy atom. The van der Waals surface area contributed by atoms with E-state index >= 15 is 0 Å². The maximum absolute atomic E-state index is 11.2. The number of fused-ring (bicyclic) bond motifs is 1. The number of nitrogens with zero attached hydrogens (tertiary/aromatic N) is 4. The monoisotopic (exact) mass is 315 g/mol. The molecular formula is C15H17N5OS. The van der Waals surface area contributed by atoms with Crippen molar-refractivity contribution in [3.8, 4) is 5.95 Å². The van der Waals surface area contributed by atoms with Gasteiger partial charge < -0.3 is 5.32 Å². The van der Waals surface area contributed by atoms with Gasteiger partial charge in [0, 0.05) is 47.1 Å². The van der Waals surface area contributed by atoms with Crippen LogP contribution >= 0.6 is 0 Å². The van der Waals surface area contributed by atoms with Crippen LogP contribution in [0.5, 0.6) is 0 Å². The summed E-state index contributed by atoms with van der Waals surface area (Å²) in [5.41, 5.74) is 0.862. The van der Waals surface area contributed by atoms with Gasteiger partial charge in [-0.3, -0.25) is 8.78 Å². The second-order valence-electron chi connectivity index (χ2n) is 4.94.